The number of aromatic amines is 1. The Hall–Kier alpha value is -2.18. The van der Waals surface area contributed by atoms with Crippen LogP contribution in [0.4, 0.5) is 4.39 Å². The van der Waals surface area contributed by atoms with Gasteiger partial charge in [-0.2, -0.15) is 0 Å². The largest absolute Gasteiger partial charge is 0.361 e. The minimum absolute atomic E-state index is 0.0636. The number of aromatic nitrogens is 1. The molecule has 114 valence electrons. The molecule has 22 heavy (non-hydrogen) atoms. The SMILES string of the molecule is O=S(=O)(NCCc1ccc2cc[nH]c2c1)c1ccc(F)cc1. The van der Waals surface area contributed by atoms with Gasteiger partial charge in [0, 0.05) is 18.3 Å². The molecule has 0 aliphatic rings. The molecule has 0 fully saturated rings. The van der Waals surface area contributed by atoms with Gasteiger partial charge in [-0.1, -0.05) is 12.1 Å². The molecule has 0 spiro atoms. The maximum atomic E-state index is 12.8. The molecule has 0 saturated heterocycles. The van der Waals surface area contributed by atoms with Crippen LogP contribution < -0.4 is 4.72 Å². The summed E-state index contributed by atoms with van der Waals surface area (Å²) < 4.78 is 39.5. The average Bonchev–Trinajstić information content (AvgIpc) is 2.95. The Morgan fingerprint density at radius 3 is 2.59 bits per heavy atom. The molecular formula is C16H15FN2O2S. The Labute approximate surface area is 128 Å². The first-order valence-electron chi connectivity index (χ1n) is 6.86. The fraction of sp³-hybridized carbons (Fsp3) is 0.125. The smallest absolute Gasteiger partial charge is 0.240 e. The van der Waals surface area contributed by atoms with Gasteiger partial charge in [-0.25, -0.2) is 17.5 Å². The van der Waals surface area contributed by atoms with Crippen molar-refractivity contribution in [3.8, 4) is 0 Å². The van der Waals surface area contributed by atoms with Crippen molar-refractivity contribution in [2.45, 2.75) is 11.3 Å². The van der Waals surface area contributed by atoms with Crippen LogP contribution in [0, 0.1) is 5.82 Å². The molecule has 0 atom stereocenters. The van der Waals surface area contributed by atoms with E-state index in [1.54, 1.807) is 0 Å². The van der Waals surface area contributed by atoms with Crippen molar-refractivity contribution in [1.82, 2.24) is 9.71 Å². The van der Waals surface area contributed by atoms with Crippen molar-refractivity contribution < 1.29 is 12.8 Å². The van der Waals surface area contributed by atoms with Crippen molar-refractivity contribution in [2.75, 3.05) is 6.54 Å². The maximum absolute atomic E-state index is 12.8. The molecule has 0 amide bonds. The molecule has 3 aromatic rings. The van der Waals surface area contributed by atoms with Crippen LogP contribution in [-0.4, -0.2) is 19.9 Å². The van der Waals surface area contributed by atoms with Gasteiger partial charge in [0.05, 0.1) is 4.90 Å². The topological polar surface area (TPSA) is 62.0 Å². The summed E-state index contributed by atoms with van der Waals surface area (Å²) in [5.41, 5.74) is 2.07. The molecule has 3 rings (SSSR count). The number of fused-ring (bicyclic) bond motifs is 1. The number of benzene rings is 2. The van der Waals surface area contributed by atoms with E-state index in [1.165, 1.54) is 12.1 Å². The number of hydrogen-bond donors (Lipinski definition) is 2. The fourth-order valence-corrected chi connectivity index (χ4v) is 3.31. The van der Waals surface area contributed by atoms with Gasteiger partial charge < -0.3 is 4.98 Å². The Morgan fingerprint density at radius 2 is 1.82 bits per heavy atom. The third-order valence-corrected chi connectivity index (χ3v) is 4.93. The quantitative estimate of drug-likeness (QED) is 0.760. The van der Waals surface area contributed by atoms with E-state index in [2.05, 4.69) is 9.71 Å². The van der Waals surface area contributed by atoms with Gasteiger partial charge in [0.25, 0.3) is 0 Å². The van der Waals surface area contributed by atoms with E-state index in [0.29, 0.717) is 6.42 Å². The Balaban J connectivity index is 1.65. The van der Waals surface area contributed by atoms with Crippen molar-refractivity contribution in [2.24, 2.45) is 0 Å². The molecule has 2 aromatic carbocycles. The van der Waals surface area contributed by atoms with Crippen LogP contribution in [0.15, 0.2) is 59.6 Å². The summed E-state index contributed by atoms with van der Waals surface area (Å²) in [5, 5.41) is 1.12. The minimum atomic E-state index is -3.60. The molecule has 4 nitrogen and oxygen atoms in total. The van der Waals surface area contributed by atoms with Crippen molar-refractivity contribution >= 4 is 20.9 Å². The lowest BCUT2D eigenvalue weighted by atomic mass is 10.1. The number of rotatable bonds is 5. The van der Waals surface area contributed by atoms with Crippen molar-refractivity contribution in [3.63, 3.8) is 0 Å². The highest BCUT2D eigenvalue weighted by molar-refractivity contribution is 7.89. The van der Waals surface area contributed by atoms with Crippen LogP contribution in [0.3, 0.4) is 0 Å². The highest BCUT2D eigenvalue weighted by atomic mass is 32.2. The minimum Gasteiger partial charge on any atom is -0.361 e. The summed E-state index contributed by atoms with van der Waals surface area (Å²) in [5.74, 6) is -0.460. The third kappa shape index (κ3) is 3.18. The second kappa shape index (κ2) is 5.90. The highest BCUT2D eigenvalue weighted by Crippen LogP contribution is 2.15. The molecule has 0 aliphatic heterocycles. The Morgan fingerprint density at radius 1 is 1.05 bits per heavy atom. The number of nitrogens with one attached hydrogen (secondary N) is 2. The van der Waals surface area contributed by atoms with E-state index < -0.39 is 15.8 Å². The van der Waals surface area contributed by atoms with Crippen LogP contribution in [0.2, 0.25) is 0 Å². The van der Waals surface area contributed by atoms with Gasteiger partial charge in [0.2, 0.25) is 10.0 Å². The van der Waals surface area contributed by atoms with Crippen LogP contribution in [0.1, 0.15) is 5.56 Å². The molecule has 0 radical (unpaired) electrons. The maximum Gasteiger partial charge on any atom is 0.240 e. The summed E-state index contributed by atoms with van der Waals surface area (Å²) >= 11 is 0. The molecule has 0 aliphatic carbocycles. The lowest BCUT2D eigenvalue weighted by Crippen LogP contribution is -2.26. The van der Waals surface area contributed by atoms with Gasteiger partial charge in [0.1, 0.15) is 5.82 Å². The first-order valence-corrected chi connectivity index (χ1v) is 8.34. The summed E-state index contributed by atoms with van der Waals surface area (Å²) in [6.45, 7) is 0.284. The number of halogens is 1. The van der Waals surface area contributed by atoms with Crippen LogP contribution in [0.5, 0.6) is 0 Å². The summed E-state index contributed by atoms with van der Waals surface area (Å²) in [6.07, 6.45) is 2.45. The van der Waals surface area contributed by atoms with Gasteiger partial charge in [-0.05, 0) is 53.8 Å². The van der Waals surface area contributed by atoms with E-state index in [1.807, 2.05) is 30.5 Å². The second-order valence-electron chi connectivity index (χ2n) is 5.00. The molecule has 0 saturated carbocycles. The summed E-state index contributed by atoms with van der Waals surface area (Å²) in [6, 6.07) is 12.7. The van der Waals surface area contributed by atoms with Gasteiger partial charge in [-0.3, -0.25) is 0 Å². The number of sulfonamides is 1. The molecule has 6 heteroatoms. The summed E-state index contributed by atoms with van der Waals surface area (Å²) in [4.78, 5) is 3.19. The normalized spacial score (nSPS) is 11.9. The predicted octanol–water partition coefficient (Wildman–Crippen LogP) is 2.83. The number of hydrogen-bond acceptors (Lipinski definition) is 2. The van der Waals surface area contributed by atoms with Gasteiger partial charge >= 0.3 is 0 Å². The van der Waals surface area contributed by atoms with Crippen LogP contribution >= 0.6 is 0 Å². The molecule has 0 bridgehead atoms. The lowest BCUT2D eigenvalue weighted by molar-refractivity contribution is 0.580. The lowest BCUT2D eigenvalue weighted by Gasteiger charge is -2.07. The first kappa shape index (κ1) is 14.7. The summed E-state index contributed by atoms with van der Waals surface area (Å²) in [7, 11) is -3.60. The standard InChI is InChI=1S/C16H15FN2O2S/c17-14-3-5-15(6-4-14)22(20,21)19-10-7-12-1-2-13-8-9-18-16(13)11-12/h1-6,8-9,11,18-19H,7,10H2. The van der Waals surface area contributed by atoms with Crippen molar-refractivity contribution in [3.05, 3.63) is 66.1 Å². The van der Waals surface area contributed by atoms with Crippen LogP contribution in [-0.2, 0) is 16.4 Å². The van der Waals surface area contributed by atoms with E-state index in [9.17, 15) is 12.8 Å². The predicted molar refractivity (Wildman–Crippen MR) is 83.6 cm³/mol. The zero-order valence-corrected chi connectivity index (χ0v) is 12.5. The number of H-pyrrole nitrogens is 1. The van der Waals surface area contributed by atoms with Gasteiger partial charge in [0.15, 0.2) is 0 Å². The molecule has 1 aromatic heterocycles. The van der Waals surface area contributed by atoms with E-state index in [-0.39, 0.29) is 11.4 Å². The third-order valence-electron chi connectivity index (χ3n) is 3.45. The molecule has 2 N–H and O–H groups in total. The molecule has 1 heterocycles. The van der Waals surface area contributed by atoms with E-state index in [4.69, 9.17) is 0 Å². The highest BCUT2D eigenvalue weighted by Gasteiger charge is 2.13. The van der Waals surface area contributed by atoms with Crippen molar-refractivity contribution in [1.29, 1.82) is 0 Å². The van der Waals surface area contributed by atoms with Crippen LogP contribution in [0.25, 0.3) is 10.9 Å². The van der Waals surface area contributed by atoms with E-state index in [0.717, 1.165) is 28.6 Å². The fourth-order valence-electron chi connectivity index (χ4n) is 2.28. The van der Waals surface area contributed by atoms with Gasteiger partial charge in [-0.15, -0.1) is 0 Å². The monoisotopic (exact) mass is 318 g/mol. The average molecular weight is 318 g/mol. The molecular weight excluding hydrogens is 303 g/mol. The second-order valence-corrected chi connectivity index (χ2v) is 6.77. The van der Waals surface area contributed by atoms with E-state index >= 15 is 0 Å². The Bertz CT molecular complexity index is 886. The first-order chi connectivity index (χ1) is 10.5. The zero-order chi connectivity index (χ0) is 15.6. The molecule has 0 unspecified atom stereocenters. The zero-order valence-electron chi connectivity index (χ0n) is 11.7. The Kier molecular flexibility index (Phi) is 3.96.